The lowest BCUT2D eigenvalue weighted by atomic mass is 9.93. The summed E-state index contributed by atoms with van der Waals surface area (Å²) >= 11 is 6.58. The summed E-state index contributed by atoms with van der Waals surface area (Å²) in [6, 6.07) is 9.97. The zero-order valence-electron chi connectivity index (χ0n) is 32.3. The SMILES string of the molecule is Cn1nc(C2CCC(=O)NC2=O)c2ccc(OC3CN(CC4CCN(c5ncc(Cl)c(Nc6ccc7[nH]c(=O)c8c(c7c6)NC(C6CC6)C(F)(F)CO8)n5)CC4)C3)cc21. The molecule has 4 fully saturated rings. The van der Waals surface area contributed by atoms with Crippen molar-refractivity contribution in [3.05, 3.63) is 63.7 Å². The minimum atomic E-state index is -3.13. The highest BCUT2D eigenvalue weighted by molar-refractivity contribution is 6.33. The van der Waals surface area contributed by atoms with E-state index in [4.69, 9.17) is 26.1 Å². The number of halogens is 3. The van der Waals surface area contributed by atoms with Crippen molar-refractivity contribution < 1.29 is 27.8 Å². The fraction of sp³-hybridized carbons (Fsp3) is 0.463. The fourth-order valence-corrected chi connectivity index (χ4v) is 9.09. The van der Waals surface area contributed by atoms with Crippen molar-refractivity contribution in [2.24, 2.45) is 18.9 Å². The molecule has 10 rings (SSSR count). The molecule has 5 aliphatic rings. The zero-order valence-corrected chi connectivity index (χ0v) is 33.0. The van der Waals surface area contributed by atoms with Gasteiger partial charge in [-0.05, 0) is 74.3 Å². The number of aromatic nitrogens is 5. The molecule has 15 nitrogen and oxygen atoms in total. The van der Waals surface area contributed by atoms with Crippen LogP contribution in [-0.2, 0) is 16.6 Å². The highest BCUT2D eigenvalue weighted by atomic mass is 35.5. The number of likely N-dealkylation sites (tertiary alicyclic amines) is 1. The van der Waals surface area contributed by atoms with Crippen molar-refractivity contribution in [3.63, 3.8) is 0 Å². The van der Waals surface area contributed by atoms with Crippen LogP contribution in [0.4, 0.5) is 31.9 Å². The van der Waals surface area contributed by atoms with Gasteiger partial charge in [-0.25, -0.2) is 13.8 Å². The Balaban J connectivity index is 0.744. The average Bonchev–Trinajstić information content (AvgIpc) is 4.00. The molecule has 4 aliphatic heterocycles. The van der Waals surface area contributed by atoms with Gasteiger partial charge in [-0.15, -0.1) is 0 Å². The lowest BCUT2D eigenvalue weighted by Crippen LogP contribution is -2.55. The van der Waals surface area contributed by atoms with Crippen LogP contribution in [0.15, 0.2) is 47.4 Å². The number of ether oxygens (including phenoxy) is 2. The molecule has 3 aromatic heterocycles. The monoisotopic (exact) mass is 828 g/mol. The number of fused-ring (bicyclic) bond motifs is 4. The molecule has 4 N–H and O–H groups in total. The molecule has 0 spiro atoms. The van der Waals surface area contributed by atoms with Crippen LogP contribution in [0, 0.1) is 11.8 Å². The molecule has 1 aliphatic carbocycles. The van der Waals surface area contributed by atoms with E-state index >= 15 is 8.78 Å². The van der Waals surface area contributed by atoms with E-state index in [1.807, 2.05) is 25.2 Å². The number of hydrogen-bond acceptors (Lipinski definition) is 12. The number of amides is 2. The van der Waals surface area contributed by atoms with Gasteiger partial charge in [0, 0.05) is 68.7 Å². The van der Waals surface area contributed by atoms with E-state index in [1.165, 1.54) is 0 Å². The van der Waals surface area contributed by atoms with Crippen LogP contribution >= 0.6 is 11.6 Å². The van der Waals surface area contributed by atoms with Gasteiger partial charge in [-0.2, -0.15) is 10.1 Å². The molecular weight excluding hydrogens is 786 g/mol. The number of aryl methyl sites for hydroxylation is 1. The van der Waals surface area contributed by atoms with Gasteiger partial charge in [-0.1, -0.05) is 11.6 Å². The fourth-order valence-electron chi connectivity index (χ4n) is 8.95. The van der Waals surface area contributed by atoms with Crippen molar-refractivity contribution in [1.82, 2.24) is 34.9 Å². The first-order valence-corrected chi connectivity index (χ1v) is 20.5. The third kappa shape index (κ3) is 7.28. The number of rotatable bonds is 9. The summed E-state index contributed by atoms with van der Waals surface area (Å²) in [6.07, 6.45) is 5.76. The largest absolute Gasteiger partial charge is 0.488 e. The normalized spacial score (nSPS) is 22.6. The smallest absolute Gasteiger partial charge is 0.301 e. The molecule has 59 heavy (non-hydrogen) atoms. The number of anilines is 4. The molecule has 18 heteroatoms. The number of H-pyrrole nitrogens is 1. The maximum absolute atomic E-state index is 15.0. The lowest BCUT2D eigenvalue weighted by molar-refractivity contribution is -0.134. The van der Waals surface area contributed by atoms with E-state index < -0.39 is 30.0 Å². The zero-order chi connectivity index (χ0) is 40.6. The number of alkyl halides is 2. The second kappa shape index (κ2) is 14.6. The van der Waals surface area contributed by atoms with Crippen LogP contribution < -0.4 is 35.9 Å². The van der Waals surface area contributed by atoms with Gasteiger partial charge in [-0.3, -0.25) is 29.3 Å². The Bertz CT molecular complexity index is 2550. The second-order valence-corrected chi connectivity index (χ2v) is 16.9. The maximum atomic E-state index is 15.0. The molecule has 2 amide bonds. The van der Waals surface area contributed by atoms with Crippen LogP contribution in [0.2, 0.25) is 5.02 Å². The Kier molecular flexibility index (Phi) is 9.34. The quantitative estimate of drug-likeness (QED) is 0.141. The van der Waals surface area contributed by atoms with Crippen molar-refractivity contribution in [2.45, 2.75) is 62.5 Å². The van der Waals surface area contributed by atoms with Gasteiger partial charge >= 0.3 is 5.92 Å². The van der Waals surface area contributed by atoms with Crippen LogP contribution in [-0.4, -0.2) is 98.8 Å². The predicted molar refractivity (Wildman–Crippen MR) is 217 cm³/mol. The van der Waals surface area contributed by atoms with Gasteiger partial charge < -0.3 is 30.0 Å². The first-order chi connectivity index (χ1) is 28.5. The standard InChI is InChI=1S/C41H43ClF2N10O5/c1-52-31-15-24(5-6-26(31)33(51-52)27-7-9-32(55)48-38(27)56)59-25-18-53(19-25)17-21-10-12-54(13-11-21)40-45-16-29(42)37(50-40)46-23-4-8-30-28(14-23)34-35(39(57)47-30)58-20-41(43,44)36(49-34)22-2-3-22/h4-6,8,14-16,21-22,25,27,36,49H,2-3,7,9-13,17-20H2,1H3,(H,47,57)(H,45,46,50)(H,48,55,56). The van der Waals surface area contributed by atoms with Crippen molar-refractivity contribution in [3.8, 4) is 11.5 Å². The van der Waals surface area contributed by atoms with E-state index in [2.05, 4.69) is 40.8 Å². The van der Waals surface area contributed by atoms with Crippen molar-refractivity contribution >= 4 is 68.4 Å². The Morgan fingerprint density at radius 3 is 2.63 bits per heavy atom. The highest BCUT2D eigenvalue weighted by Crippen LogP contribution is 2.45. The summed E-state index contributed by atoms with van der Waals surface area (Å²) in [7, 11) is 1.85. The van der Waals surface area contributed by atoms with Gasteiger partial charge in [0.2, 0.25) is 23.5 Å². The summed E-state index contributed by atoms with van der Waals surface area (Å²) in [5.74, 6) is -2.20. The van der Waals surface area contributed by atoms with E-state index in [0.29, 0.717) is 70.7 Å². The number of imide groups is 1. The Labute approximate surface area is 341 Å². The Morgan fingerprint density at radius 2 is 1.85 bits per heavy atom. The van der Waals surface area contributed by atoms with Crippen LogP contribution in [0.25, 0.3) is 21.8 Å². The Hall–Kier alpha value is -5.55. The number of piperidine rings is 2. The Morgan fingerprint density at radius 1 is 1.03 bits per heavy atom. The summed E-state index contributed by atoms with van der Waals surface area (Å²) in [5.41, 5.74) is 2.34. The van der Waals surface area contributed by atoms with Gasteiger partial charge in [0.15, 0.2) is 12.4 Å². The van der Waals surface area contributed by atoms with Crippen molar-refractivity contribution in [1.29, 1.82) is 0 Å². The van der Waals surface area contributed by atoms with Crippen molar-refractivity contribution in [2.75, 3.05) is 54.9 Å². The van der Waals surface area contributed by atoms with Crippen LogP contribution in [0.5, 0.6) is 11.5 Å². The molecule has 1 saturated carbocycles. The number of nitrogens with one attached hydrogen (secondary N) is 4. The third-order valence-electron chi connectivity index (χ3n) is 12.3. The summed E-state index contributed by atoms with van der Waals surface area (Å²) in [5, 5.41) is 15.1. The first-order valence-electron chi connectivity index (χ1n) is 20.2. The van der Waals surface area contributed by atoms with Gasteiger partial charge in [0.1, 0.15) is 16.9 Å². The molecule has 5 aromatic rings. The molecule has 0 radical (unpaired) electrons. The molecule has 0 bridgehead atoms. The van der Waals surface area contributed by atoms with E-state index in [9.17, 15) is 14.4 Å². The second-order valence-electron chi connectivity index (χ2n) is 16.5. The average molecular weight is 829 g/mol. The molecule has 2 atom stereocenters. The van der Waals surface area contributed by atoms with Crippen LogP contribution in [0.3, 0.4) is 0 Å². The number of pyridine rings is 1. The predicted octanol–water partition coefficient (Wildman–Crippen LogP) is 5.32. The summed E-state index contributed by atoms with van der Waals surface area (Å²) in [6.45, 7) is 3.37. The number of benzene rings is 2. The minimum absolute atomic E-state index is 0.0811. The summed E-state index contributed by atoms with van der Waals surface area (Å²) < 4.78 is 43.6. The maximum Gasteiger partial charge on any atom is 0.301 e. The van der Waals surface area contributed by atoms with E-state index in [1.54, 1.807) is 29.1 Å². The molecule has 3 saturated heterocycles. The van der Waals surface area contributed by atoms with Crippen LogP contribution in [0.1, 0.15) is 50.1 Å². The molecular formula is C41H43ClF2N10O5. The minimum Gasteiger partial charge on any atom is -0.488 e. The summed E-state index contributed by atoms with van der Waals surface area (Å²) in [4.78, 5) is 53.7. The topological polar surface area (TPSA) is 172 Å². The molecule has 7 heterocycles. The van der Waals surface area contributed by atoms with Gasteiger partial charge in [0.05, 0.1) is 40.6 Å². The lowest BCUT2D eigenvalue weighted by Gasteiger charge is -2.42. The highest BCUT2D eigenvalue weighted by Gasteiger charge is 2.51. The number of carbonyl (C=O) groups is 2. The number of carbonyl (C=O) groups excluding carboxylic acids is 2. The van der Waals surface area contributed by atoms with E-state index in [-0.39, 0.29) is 35.3 Å². The third-order valence-corrected chi connectivity index (χ3v) is 12.6. The molecule has 308 valence electrons. The molecule has 2 aromatic carbocycles. The number of nitrogens with zero attached hydrogens (tertiary/aromatic N) is 6. The number of hydrogen-bond donors (Lipinski definition) is 4. The molecule has 2 unspecified atom stereocenters. The number of aromatic amines is 1. The van der Waals surface area contributed by atoms with Gasteiger partial charge in [0.25, 0.3) is 5.56 Å². The first kappa shape index (κ1) is 37.7. The van der Waals surface area contributed by atoms with E-state index in [0.717, 1.165) is 62.2 Å².